The van der Waals surface area contributed by atoms with E-state index < -0.39 is 0 Å². The van der Waals surface area contributed by atoms with Gasteiger partial charge in [-0.05, 0) is 61.4 Å². The minimum absolute atomic E-state index is 0.453. The molecule has 4 aromatic rings. The largest absolute Gasteiger partial charge is 0.466 e. The van der Waals surface area contributed by atoms with Crippen molar-refractivity contribution in [2.24, 2.45) is 0 Å². The summed E-state index contributed by atoms with van der Waals surface area (Å²) in [7, 11) is 0. The Bertz CT molecular complexity index is 1100. The highest BCUT2D eigenvalue weighted by Gasteiger charge is 2.17. The minimum Gasteiger partial charge on any atom is -0.466 e. The highest BCUT2D eigenvalue weighted by atomic mass is 32.2. The predicted molar refractivity (Wildman–Crippen MR) is 99.7 cm³/mol. The van der Waals surface area contributed by atoms with Crippen LogP contribution in [0.2, 0.25) is 0 Å². The van der Waals surface area contributed by atoms with Crippen LogP contribution in [0.5, 0.6) is 0 Å². The normalized spacial score (nSPS) is 11.3. The van der Waals surface area contributed by atoms with Gasteiger partial charge in [0, 0.05) is 0 Å². The molecule has 0 radical (unpaired) electrons. The van der Waals surface area contributed by atoms with Crippen LogP contribution in [-0.4, -0.2) is 30.4 Å². The average Bonchev–Trinajstić information content (AvgIpc) is 3.35. The van der Waals surface area contributed by atoms with Crippen molar-refractivity contribution < 1.29 is 8.83 Å². The lowest BCUT2D eigenvalue weighted by atomic mass is 10.1. The van der Waals surface area contributed by atoms with E-state index in [-0.39, 0.29) is 0 Å². The zero-order valence-electron chi connectivity index (χ0n) is 15.4. The molecule has 1 aromatic carbocycles. The monoisotopic (exact) mass is 382 g/mol. The Morgan fingerprint density at radius 1 is 1.04 bits per heavy atom. The predicted octanol–water partition coefficient (Wildman–Crippen LogP) is 3.83. The minimum atomic E-state index is 0.453. The lowest BCUT2D eigenvalue weighted by Gasteiger charge is -2.08. The van der Waals surface area contributed by atoms with Crippen LogP contribution >= 0.6 is 11.8 Å². The molecule has 9 heteroatoms. The molecule has 0 aliphatic rings. The van der Waals surface area contributed by atoms with Gasteiger partial charge in [0.05, 0.1) is 17.0 Å². The second-order valence-electron chi connectivity index (χ2n) is 6.21. The SMILES string of the molecule is Cc1cc(-c2nnc(CSc3nnnn3-c3cccc(C)c3C)o2)c(C)o1. The quantitative estimate of drug-likeness (QED) is 0.481. The number of nitrogens with zero attached hydrogens (tertiary/aromatic N) is 6. The summed E-state index contributed by atoms with van der Waals surface area (Å²) in [6, 6.07) is 7.95. The molecular weight excluding hydrogens is 364 g/mol. The zero-order valence-corrected chi connectivity index (χ0v) is 16.2. The number of thioether (sulfide) groups is 1. The molecule has 4 rings (SSSR count). The van der Waals surface area contributed by atoms with E-state index in [9.17, 15) is 0 Å². The van der Waals surface area contributed by atoms with Crippen molar-refractivity contribution in [3.05, 3.63) is 52.8 Å². The number of tetrazole rings is 1. The summed E-state index contributed by atoms with van der Waals surface area (Å²) >= 11 is 1.44. The van der Waals surface area contributed by atoms with Crippen molar-refractivity contribution in [3.8, 4) is 17.1 Å². The third-order valence-corrected chi connectivity index (χ3v) is 5.21. The molecule has 0 spiro atoms. The third kappa shape index (κ3) is 3.37. The van der Waals surface area contributed by atoms with E-state index in [0.717, 1.165) is 28.3 Å². The molecule has 0 unspecified atom stereocenters. The Labute approximate surface area is 160 Å². The van der Waals surface area contributed by atoms with E-state index in [4.69, 9.17) is 8.83 Å². The number of rotatable bonds is 5. The summed E-state index contributed by atoms with van der Waals surface area (Å²) in [6.45, 7) is 7.88. The second-order valence-corrected chi connectivity index (χ2v) is 7.15. The number of hydrogen-bond acceptors (Lipinski definition) is 8. The topological polar surface area (TPSA) is 95.7 Å². The van der Waals surface area contributed by atoms with E-state index in [1.165, 1.54) is 17.3 Å². The fourth-order valence-corrected chi connectivity index (χ4v) is 3.50. The van der Waals surface area contributed by atoms with Gasteiger partial charge < -0.3 is 8.83 Å². The Morgan fingerprint density at radius 2 is 1.89 bits per heavy atom. The Kier molecular flexibility index (Phi) is 4.53. The van der Waals surface area contributed by atoms with Crippen molar-refractivity contribution in [2.75, 3.05) is 0 Å². The van der Waals surface area contributed by atoms with E-state index in [1.54, 1.807) is 4.68 Å². The average molecular weight is 382 g/mol. The molecule has 3 heterocycles. The number of aryl methyl sites for hydroxylation is 3. The summed E-state index contributed by atoms with van der Waals surface area (Å²) in [5.74, 6) is 2.99. The van der Waals surface area contributed by atoms with Crippen molar-refractivity contribution in [3.63, 3.8) is 0 Å². The van der Waals surface area contributed by atoms with Gasteiger partial charge in [-0.2, -0.15) is 4.68 Å². The van der Waals surface area contributed by atoms with Crippen LogP contribution in [0.4, 0.5) is 0 Å². The van der Waals surface area contributed by atoms with Gasteiger partial charge >= 0.3 is 0 Å². The smallest absolute Gasteiger partial charge is 0.251 e. The van der Waals surface area contributed by atoms with Gasteiger partial charge in [0.15, 0.2) is 0 Å². The molecule has 8 nitrogen and oxygen atoms in total. The molecule has 0 aliphatic heterocycles. The molecule has 0 saturated heterocycles. The standard InChI is InChI=1S/C18H18N6O2S/c1-10-6-5-7-15(12(10)3)24-18(21-22-23-24)27-9-16-19-20-17(26-16)14-8-11(2)25-13(14)4/h5-8H,9H2,1-4H3. The fourth-order valence-electron chi connectivity index (χ4n) is 2.78. The van der Waals surface area contributed by atoms with E-state index in [2.05, 4.69) is 45.6 Å². The van der Waals surface area contributed by atoms with E-state index in [1.807, 2.05) is 32.0 Å². The maximum atomic E-state index is 5.77. The first-order valence-corrected chi connectivity index (χ1v) is 9.39. The molecule has 0 N–H and O–H groups in total. The fraction of sp³-hybridized carbons (Fsp3) is 0.278. The molecule has 3 aromatic heterocycles. The van der Waals surface area contributed by atoms with Gasteiger partial charge in [-0.1, -0.05) is 23.9 Å². The molecule has 27 heavy (non-hydrogen) atoms. The number of hydrogen-bond donors (Lipinski definition) is 0. The van der Waals surface area contributed by atoms with Crippen molar-refractivity contribution in [2.45, 2.75) is 38.6 Å². The van der Waals surface area contributed by atoms with Gasteiger partial charge in [-0.15, -0.1) is 15.3 Å². The molecule has 0 bridgehead atoms. The van der Waals surface area contributed by atoms with Gasteiger partial charge in [0.2, 0.25) is 11.0 Å². The summed E-state index contributed by atoms with van der Waals surface area (Å²) in [6.07, 6.45) is 0. The molecule has 0 amide bonds. The van der Waals surface area contributed by atoms with Crippen LogP contribution in [0.1, 0.15) is 28.5 Å². The Balaban J connectivity index is 1.53. The molecule has 0 aliphatic carbocycles. The maximum Gasteiger partial charge on any atom is 0.251 e. The summed E-state index contributed by atoms with van der Waals surface area (Å²) < 4.78 is 13.0. The Morgan fingerprint density at radius 3 is 2.67 bits per heavy atom. The highest BCUT2D eigenvalue weighted by Crippen LogP contribution is 2.28. The molecule has 0 atom stereocenters. The van der Waals surface area contributed by atoms with Crippen molar-refractivity contribution >= 4 is 11.8 Å². The van der Waals surface area contributed by atoms with Crippen molar-refractivity contribution in [1.82, 2.24) is 30.4 Å². The number of aromatic nitrogens is 6. The number of benzene rings is 1. The first kappa shape index (κ1) is 17.5. The molecule has 138 valence electrons. The first-order chi connectivity index (χ1) is 13.0. The van der Waals surface area contributed by atoms with Crippen LogP contribution in [0.3, 0.4) is 0 Å². The van der Waals surface area contributed by atoms with Crippen LogP contribution in [-0.2, 0) is 5.75 Å². The van der Waals surface area contributed by atoms with Gasteiger partial charge in [-0.3, -0.25) is 0 Å². The van der Waals surface area contributed by atoms with Gasteiger partial charge in [0.1, 0.15) is 11.5 Å². The maximum absolute atomic E-state index is 5.77. The van der Waals surface area contributed by atoms with Crippen molar-refractivity contribution in [1.29, 1.82) is 0 Å². The summed E-state index contributed by atoms with van der Waals surface area (Å²) in [5, 5.41) is 21.0. The van der Waals surface area contributed by atoms with E-state index in [0.29, 0.717) is 22.7 Å². The van der Waals surface area contributed by atoms with Crippen LogP contribution in [0.15, 0.2) is 38.3 Å². The molecular formula is C18H18N6O2S. The van der Waals surface area contributed by atoms with Crippen LogP contribution in [0, 0.1) is 27.7 Å². The highest BCUT2D eigenvalue weighted by molar-refractivity contribution is 7.98. The molecule has 0 saturated carbocycles. The van der Waals surface area contributed by atoms with E-state index >= 15 is 0 Å². The first-order valence-electron chi connectivity index (χ1n) is 8.40. The Hall–Kier alpha value is -2.94. The van der Waals surface area contributed by atoms with Gasteiger partial charge in [-0.25, -0.2) is 0 Å². The second kappa shape index (κ2) is 6.99. The van der Waals surface area contributed by atoms with Gasteiger partial charge in [0.25, 0.3) is 5.89 Å². The van der Waals surface area contributed by atoms with Crippen LogP contribution in [0.25, 0.3) is 17.1 Å². The third-order valence-electron chi connectivity index (χ3n) is 4.31. The number of furan rings is 1. The lowest BCUT2D eigenvalue weighted by molar-refractivity contribution is 0.499. The van der Waals surface area contributed by atoms with Crippen LogP contribution < -0.4 is 0 Å². The zero-order chi connectivity index (χ0) is 19.0. The molecule has 0 fully saturated rings. The lowest BCUT2D eigenvalue weighted by Crippen LogP contribution is -2.02. The summed E-state index contributed by atoms with van der Waals surface area (Å²) in [4.78, 5) is 0. The summed E-state index contributed by atoms with van der Waals surface area (Å²) in [5.41, 5.74) is 4.10.